The SMILES string of the molecule is c1ccc(-c2cc(=[N+]3CCCC3)cc(-c3ccccc3)o2)cc1. The summed E-state index contributed by atoms with van der Waals surface area (Å²) < 4.78 is 8.68. The van der Waals surface area contributed by atoms with Gasteiger partial charge in [-0.25, -0.2) is 4.58 Å². The highest BCUT2D eigenvalue weighted by atomic mass is 16.3. The second kappa shape index (κ2) is 6.25. The molecule has 1 aliphatic heterocycles. The lowest BCUT2D eigenvalue weighted by atomic mass is 10.1. The Morgan fingerprint density at radius 3 is 1.61 bits per heavy atom. The summed E-state index contributed by atoms with van der Waals surface area (Å²) >= 11 is 0. The van der Waals surface area contributed by atoms with Crippen molar-refractivity contribution in [2.45, 2.75) is 12.8 Å². The van der Waals surface area contributed by atoms with E-state index >= 15 is 0 Å². The molecule has 0 amide bonds. The molecule has 1 aromatic heterocycles. The van der Waals surface area contributed by atoms with Crippen molar-refractivity contribution in [1.82, 2.24) is 4.58 Å². The summed E-state index contributed by atoms with van der Waals surface area (Å²) in [5, 5.41) is 1.26. The van der Waals surface area contributed by atoms with Crippen molar-refractivity contribution in [2.75, 3.05) is 13.1 Å². The fourth-order valence-corrected chi connectivity index (χ4v) is 3.13. The van der Waals surface area contributed by atoms with Crippen LogP contribution >= 0.6 is 0 Å². The number of benzene rings is 2. The van der Waals surface area contributed by atoms with Gasteiger partial charge in [0.05, 0.1) is 12.1 Å². The monoisotopic (exact) mass is 302 g/mol. The Morgan fingerprint density at radius 2 is 1.13 bits per heavy atom. The maximum absolute atomic E-state index is 6.22. The van der Waals surface area contributed by atoms with Crippen molar-refractivity contribution in [2.24, 2.45) is 0 Å². The molecule has 2 heterocycles. The van der Waals surface area contributed by atoms with Gasteiger partial charge >= 0.3 is 0 Å². The molecule has 2 aromatic carbocycles. The van der Waals surface area contributed by atoms with E-state index in [1.807, 2.05) is 12.1 Å². The summed E-state index contributed by atoms with van der Waals surface area (Å²) in [4.78, 5) is 0. The Hall–Kier alpha value is -2.61. The van der Waals surface area contributed by atoms with Crippen LogP contribution in [0.3, 0.4) is 0 Å². The van der Waals surface area contributed by atoms with Crippen molar-refractivity contribution in [1.29, 1.82) is 0 Å². The van der Waals surface area contributed by atoms with Crippen molar-refractivity contribution < 1.29 is 4.42 Å². The van der Waals surface area contributed by atoms with Gasteiger partial charge in [0.1, 0.15) is 24.6 Å². The standard InChI is InChI=1S/C21H20NO/c1-3-9-17(10-4-1)20-15-19(22-13-7-8-14-22)16-21(23-20)18-11-5-2-6-12-18/h1-6,9-12,15-16H,7-8,13-14H2/q+1. The van der Waals surface area contributed by atoms with Crippen LogP contribution in [0, 0.1) is 0 Å². The van der Waals surface area contributed by atoms with Gasteiger partial charge in [-0.1, -0.05) is 60.7 Å². The smallest absolute Gasteiger partial charge is 0.207 e. The van der Waals surface area contributed by atoms with Gasteiger partial charge in [-0.2, -0.15) is 0 Å². The van der Waals surface area contributed by atoms with Crippen LogP contribution in [-0.4, -0.2) is 13.1 Å². The fraction of sp³-hybridized carbons (Fsp3) is 0.190. The summed E-state index contributed by atoms with van der Waals surface area (Å²) in [6.07, 6.45) is 2.54. The van der Waals surface area contributed by atoms with Gasteiger partial charge in [-0.05, 0) is 0 Å². The first-order valence-corrected chi connectivity index (χ1v) is 8.24. The molecule has 0 aliphatic carbocycles. The summed E-state index contributed by atoms with van der Waals surface area (Å²) in [6.45, 7) is 2.26. The lowest BCUT2D eigenvalue weighted by molar-refractivity contribution is 0.572. The van der Waals surface area contributed by atoms with Crippen LogP contribution in [-0.2, 0) is 0 Å². The second-order valence-electron chi connectivity index (χ2n) is 5.97. The molecule has 1 fully saturated rings. The number of nitrogens with zero attached hydrogens (tertiary/aromatic N) is 1. The first-order chi connectivity index (χ1) is 11.4. The van der Waals surface area contributed by atoms with E-state index in [0.29, 0.717) is 0 Å². The Balaban J connectivity index is 1.93. The molecule has 0 spiro atoms. The zero-order valence-electron chi connectivity index (χ0n) is 13.1. The van der Waals surface area contributed by atoms with Crippen molar-refractivity contribution in [3.05, 3.63) is 78.2 Å². The van der Waals surface area contributed by atoms with Crippen molar-refractivity contribution >= 4 is 0 Å². The maximum Gasteiger partial charge on any atom is 0.207 e. The molecule has 0 N–H and O–H groups in total. The van der Waals surface area contributed by atoms with Crippen molar-refractivity contribution in [3.63, 3.8) is 0 Å². The Labute approximate surface area is 136 Å². The van der Waals surface area contributed by atoms with E-state index in [1.54, 1.807) is 0 Å². The summed E-state index contributed by atoms with van der Waals surface area (Å²) in [5.41, 5.74) is 2.23. The van der Waals surface area contributed by atoms with Gasteiger partial charge < -0.3 is 4.42 Å². The zero-order valence-corrected chi connectivity index (χ0v) is 13.1. The van der Waals surface area contributed by atoms with Crippen LogP contribution in [0.2, 0.25) is 0 Å². The number of rotatable bonds is 2. The predicted molar refractivity (Wildman–Crippen MR) is 93.8 cm³/mol. The van der Waals surface area contributed by atoms with Crippen LogP contribution in [0.5, 0.6) is 0 Å². The van der Waals surface area contributed by atoms with E-state index in [0.717, 1.165) is 35.7 Å². The molecule has 0 atom stereocenters. The summed E-state index contributed by atoms with van der Waals surface area (Å²) in [5.74, 6) is 1.85. The Bertz CT molecular complexity index is 794. The van der Waals surface area contributed by atoms with E-state index in [9.17, 15) is 0 Å². The van der Waals surface area contributed by atoms with Crippen LogP contribution in [0.25, 0.3) is 22.6 Å². The molecular formula is C21H20NO+. The molecule has 0 saturated carbocycles. The average Bonchev–Trinajstić information content (AvgIpc) is 3.18. The summed E-state index contributed by atoms with van der Waals surface area (Å²) in [7, 11) is 0. The molecule has 3 aromatic rings. The molecular weight excluding hydrogens is 282 g/mol. The third-order valence-electron chi connectivity index (χ3n) is 4.37. The molecule has 1 aliphatic rings. The molecule has 2 heteroatoms. The average molecular weight is 302 g/mol. The van der Waals surface area contributed by atoms with Crippen LogP contribution in [0.15, 0.2) is 77.2 Å². The Morgan fingerprint density at radius 1 is 0.652 bits per heavy atom. The molecule has 23 heavy (non-hydrogen) atoms. The van der Waals surface area contributed by atoms with Gasteiger partial charge in [-0.15, -0.1) is 0 Å². The zero-order chi connectivity index (χ0) is 15.5. The lowest BCUT2D eigenvalue weighted by Gasteiger charge is -2.06. The highest BCUT2D eigenvalue weighted by molar-refractivity contribution is 5.62. The largest absolute Gasteiger partial charge is 0.456 e. The first-order valence-electron chi connectivity index (χ1n) is 8.24. The first kappa shape index (κ1) is 14.0. The van der Waals surface area contributed by atoms with Crippen LogP contribution < -0.4 is 9.93 Å². The molecule has 0 radical (unpaired) electrons. The third-order valence-corrected chi connectivity index (χ3v) is 4.37. The highest BCUT2D eigenvalue weighted by Crippen LogP contribution is 2.24. The number of hydrogen-bond acceptors (Lipinski definition) is 1. The van der Waals surface area contributed by atoms with Gasteiger partial charge in [0.2, 0.25) is 5.36 Å². The molecule has 1 saturated heterocycles. The van der Waals surface area contributed by atoms with Crippen LogP contribution in [0.1, 0.15) is 12.8 Å². The number of hydrogen-bond donors (Lipinski definition) is 0. The Kier molecular flexibility index (Phi) is 3.81. The lowest BCUT2D eigenvalue weighted by Crippen LogP contribution is -2.26. The molecule has 4 rings (SSSR count). The minimum absolute atomic E-state index is 0.925. The normalized spacial score (nSPS) is 14.2. The summed E-state index contributed by atoms with van der Waals surface area (Å²) in [6, 6.07) is 25.0. The van der Waals surface area contributed by atoms with Gasteiger partial charge in [0.15, 0.2) is 0 Å². The minimum atomic E-state index is 0.925. The van der Waals surface area contributed by atoms with E-state index in [4.69, 9.17) is 4.42 Å². The highest BCUT2D eigenvalue weighted by Gasteiger charge is 2.16. The van der Waals surface area contributed by atoms with Gasteiger partial charge in [0.25, 0.3) is 0 Å². The third kappa shape index (κ3) is 2.98. The molecule has 0 bridgehead atoms. The topological polar surface area (TPSA) is 16.1 Å². The van der Waals surface area contributed by atoms with E-state index in [-0.39, 0.29) is 0 Å². The minimum Gasteiger partial charge on any atom is -0.456 e. The molecule has 0 unspecified atom stereocenters. The van der Waals surface area contributed by atoms with Crippen LogP contribution in [0.4, 0.5) is 0 Å². The quantitative estimate of drug-likeness (QED) is 0.649. The van der Waals surface area contributed by atoms with Crippen molar-refractivity contribution in [3.8, 4) is 22.6 Å². The maximum atomic E-state index is 6.22. The fourth-order valence-electron chi connectivity index (χ4n) is 3.13. The van der Waals surface area contributed by atoms with Gasteiger partial charge in [-0.3, -0.25) is 0 Å². The second-order valence-corrected chi connectivity index (χ2v) is 5.97. The van der Waals surface area contributed by atoms with E-state index in [1.165, 1.54) is 18.2 Å². The molecule has 114 valence electrons. The van der Waals surface area contributed by atoms with Gasteiger partial charge in [0, 0.05) is 24.0 Å². The van der Waals surface area contributed by atoms with E-state index in [2.05, 4.69) is 65.2 Å². The van der Waals surface area contributed by atoms with E-state index < -0.39 is 0 Å². The molecule has 2 nitrogen and oxygen atoms in total. The predicted octanol–water partition coefficient (Wildman–Crippen LogP) is 4.18.